The molecule has 0 aromatic heterocycles. The number of rotatable bonds is 5. The van der Waals surface area contributed by atoms with Crippen molar-refractivity contribution < 1.29 is 4.39 Å². The van der Waals surface area contributed by atoms with Crippen molar-refractivity contribution in [3.63, 3.8) is 0 Å². The van der Waals surface area contributed by atoms with Crippen molar-refractivity contribution in [1.82, 2.24) is 0 Å². The molecule has 1 aromatic carbocycles. The summed E-state index contributed by atoms with van der Waals surface area (Å²) in [5.74, 6) is 0.969. The van der Waals surface area contributed by atoms with Gasteiger partial charge in [0, 0.05) is 17.3 Å². The predicted molar refractivity (Wildman–Crippen MR) is 72.3 cm³/mol. The molecule has 2 saturated carbocycles. The van der Waals surface area contributed by atoms with Gasteiger partial charge in [0.2, 0.25) is 0 Å². The lowest BCUT2D eigenvalue weighted by Gasteiger charge is -2.35. The zero-order valence-electron chi connectivity index (χ0n) is 10.3. The van der Waals surface area contributed by atoms with Crippen LogP contribution in [-0.4, -0.2) is 12.1 Å². The van der Waals surface area contributed by atoms with Gasteiger partial charge in [-0.15, -0.1) is 0 Å². The highest BCUT2D eigenvalue weighted by Gasteiger charge is 2.53. The van der Waals surface area contributed by atoms with Crippen molar-refractivity contribution >= 4 is 17.3 Å². The first-order valence-electron chi connectivity index (χ1n) is 6.58. The summed E-state index contributed by atoms with van der Waals surface area (Å²) in [7, 11) is 0. The lowest BCUT2D eigenvalue weighted by Crippen LogP contribution is -2.49. The molecular formula is C14H18ClFN2. The van der Waals surface area contributed by atoms with Crippen molar-refractivity contribution in [2.45, 2.75) is 31.2 Å². The number of halogens is 2. The van der Waals surface area contributed by atoms with Gasteiger partial charge in [-0.1, -0.05) is 11.6 Å². The molecule has 98 valence electrons. The zero-order chi connectivity index (χ0) is 12.8. The fourth-order valence-corrected chi connectivity index (χ4v) is 3.24. The Morgan fingerprint density at radius 3 is 2.28 bits per heavy atom. The lowest BCUT2D eigenvalue weighted by atomic mass is 9.87. The molecule has 2 aliphatic carbocycles. The van der Waals surface area contributed by atoms with Crippen LogP contribution in [0, 0.1) is 17.7 Å². The molecule has 0 heterocycles. The molecule has 2 nitrogen and oxygen atoms in total. The van der Waals surface area contributed by atoms with E-state index in [9.17, 15) is 4.39 Å². The van der Waals surface area contributed by atoms with Gasteiger partial charge in [-0.3, -0.25) is 0 Å². The van der Waals surface area contributed by atoms with Crippen molar-refractivity contribution in [3.8, 4) is 0 Å². The molecule has 2 fully saturated rings. The minimum absolute atomic E-state index is 0.0445. The van der Waals surface area contributed by atoms with Crippen LogP contribution in [0.3, 0.4) is 0 Å². The summed E-state index contributed by atoms with van der Waals surface area (Å²) < 4.78 is 13.4. The molecule has 3 N–H and O–H groups in total. The smallest absolute Gasteiger partial charge is 0.126 e. The maximum Gasteiger partial charge on any atom is 0.126 e. The Bertz CT molecular complexity index is 423. The molecule has 0 atom stereocenters. The molecular weight excluding hydrogens is 251 g/mol. The third-order valence-electron chi connectivity index (χ3n) is 4.19. The van der Waals surface area contributed by atoms with Crippen molar-refractivity contribution in [1.29, 1.82) is 0 Å². The molecule has 0 bridgehead atoms. The van der Waals surface area contributed by atoms with Gasteiger partial charge >= 0.3 is 0 Å². The topological polar surface area (TPSA) is 38.0 Å². The van der Waals surface area contributed by atoms with Crippen LogP contribution in [-0.2, 0) is 0 Å². The number of nitrogens with two attached hydrogens (primary N) is 1. The van der Waals surface area contributed by atoms with E-state index in [2.05, 4.69) is 5.32 Å². The molecule has 0 unspecified atom stereocenters. The first-order valence-corrected chi connectivity index (χ1v) is 6.96. The summed E-state index contributed by atoms with van der Waals surface area (Å²) in [5, 5.41) is 3.92. The Labute approximate surface area is 112 Å². The maximum atomic E-state index is 13.4. The van der Waals surface area contributed by atoms with E-state index in [1.807, 2.05) is 0 Å². The predicted octanol–water partition coefficient (Wildman–Crippen LogP) is 3.41. The summed E-state index contributed by atoms with van der Waals surface area (Å²) in [6.07, 6.45) is 4.90. The minimum atomic E-state index is -0.303. The number of nitrogens with one attached hydrogen (secondary N) is 1. The SMILES string of the molecule is NCC(Nc1cc(F)cc(Cl)c1)(C1CC1)C1CC1. The third-order valence-corrected chi connectivity index (χ3v) is 4.41. The molecule has 0 aliphatic heterocycles. The Balaban J connectivity index is 1.87. The Hall–Kier alpha value is -0.800. The number of hydrogen-bond acceptors (Lipinski definition) is 2. The van der Waals surface area contributed by atoms with E-state index in [0.29, 0.717) is 23.4 Å². The van der Waals surface area contributed by atoms with E-state index >= 15 is 0 Å². The number of hydrogen-bond donors (Lipinski definition) is 2. The van der Waals surface area contributed by atoms with Gasteiger partial charge in [-0.25, -0.2) is 4.39 Å². The molecule has 4 heteroatoms. The van der Waals surface area contributed by atoms with Crippen LogP contribution in [0.5, 0.6) is 0 Å². The quantitative estimate of drug-likeness (QED) is 0.859. The Morgan fingerprint density at radius 2 is 1.83 bits per heavy atom. The normalized spacial score (nSPS) is 19.9. The lowest BCUT2D eigenvalue weighted by molar-refractivity contribution is 0.366. The molecule has 3 rings (SSSR count). The third kappa shape index (κ3) is 2.21. The second-order valence-electron chi connectivity index (χ2n) is 5.58. The average Bonchev–Trinajstić information content (AvgIpc) is 3.16. The minimum Gasteiger partial charge on any atom is -0.378 e. The molecule has 0 spiro atoms. The summed E-state index contributed by atoms with van der Waals surface area (Å²) in [6, 6.07) is 4.60. The van der Waals surface area contributed by atoms with Gasteiger partial charge in [0.25, 0.3) is 0 Å². The molecule has 2 aliphatic rings. The standard InChI is InChI=1S/C14H18ClFN2/c15-11-5-12(16)7-13(6-11)18-14(8-17,9-1-2-9)10-3-4-10/h5-7,9-10,18H,1-4,8,17H2. The highest BCUT2D eigenvalue weighted by molar-refractivity contribution is 6.30. The molecule has 0 amide bonds. The van der Waals surface area contributed by atoms with Crippen LogP contribution >= 0.6 is 11.6 Å². The van der Waals surface area contributed by atoms with Crippen LogP contribution in [0.15, 0.2) is 18.2 Å². The van der Waals surface area contributed by atoms with Crippen LogP contribution in [0.25, 0.3) is 0 Å². The fourth-order valence-electron chi connectivity index (χ4n) is 3.01. The van der Waals surface area contributed by atoms with Gasteiger partial charge < -0.3 is 11.1 Å². The summed E-state index contributed by atoms with van der Waals surface area (Å²) in [4.78, 5) is 0. The van der Waals surface area contributed by atoms with Crippen molar-refractivity contribution in [2.75, 3.05) is 11.9 Å². The second kappa shape index (κ2) is 4.39. The van der Waals surface area contributed by atoms with Crippen LogP contribution in [0.2, 0.25) is 5.02 Å². The van der Waals surface area contributed by atoms with Gasteiger partial charge in [0.1, 0.15) is 5.82 Å². The zero-order valence-corrected chi connectivity index (χ0v) is 11.0. The van der Waals surface area contributed by atoms with Gasteiger partial charge in [-0.05, 0) is 55.7 Å². The Kier molecular flexibility index (Phi) is 2.99. The van der Waals surface area contributed by atoms with Crippen LogP contribution < -0.4 is 11.1 Å². The highest BCUT2D eigenvalue weighted by atomic mass is 35.5. The van der Waals surface area contributed by atoms with Crippen LogP contribution in [0.1, 0.15) is 25.7 Å². The van der Waals surface area contributed by atoms with Crippen molar-refractivity contribution in [2.24, 2.45) is 17.6 Å². The maximum absolute atomic E-state index is 13.4. The number of benzene rings is 1. The molecule has 18 heavy (non-hydrogen) atoms. The first-order chi connectivity index (χ1) is 8.64. The highest BCUT2D eigenvalue weighted by Crippen LogP contribution is 2.53. The summed E-state index contributed by atoms with van der Waals surface area (Å²) in [5.41, 5.74) is 6.73. The second-order valence-corrected chi connectivity index (χ2v) is 6.01. The Morgan fingerprint density at radius 1 is 1.22 bits per heavy atom. The van der Waals surface area contributed by atoms with Gasteiger partial charge in [0.05, 0.1) is 5.54 Å². The first kappa shape index (κ1) is 12.2. The van der Waals surface area contributed by atoms with Crippen molar-refractivity contribution in [3.05, 3.63) is 29.0 Å². The van der Waals surface area contributed by atoms with E-state index in [-0.39, 0.29) is 11.4 Å². The number of anilines is 1. The summed E-state index contributed by atoms with van der Waals surface area (Å²) in [6.45, 7) is 0.608. The molecule has 1 aromatic rings. The molecule has 0 radical (unpaired) electrons. The van der Waals surface area contributed by atoms with Gasteiger partial charge in [0.15, 0.2) is 0 Å². The average molecular weight is 269 g/mol. The van der Waals surface area contributed by atoms with E-state index in [1.165, 1.54) is 37.8 Å². The largest absolute Gasteiger partial charge is 0.378 e. The van der Waals surface area contributed by atoms with Gasteiger partial charge in [-0.2, -0.15) is 0 Å². The van der Waals surface area contributed by atoms with E-state index < -0.39 is 0 Å². The van der Waals surface area contributed by atoms with Crippen LogP contribution in [0.4, 0.5) is 10.1 Å². The van der Waals surface area contributed by atoms with E-state index in [1.54, 1.807) is 6.07 Å². The fraction of sp³-hybridized carbons (Fsp3) is 0.571. The monoisotopic (exact) mass is 268 g/mol. The molecule has 0 saturated heterocycles. The van der Waals surface area contributed by atoms with E-state index in [4.69, 9.17) is 17.3 Å². The van der Waals surface area contributed by atoms with E-state index in [0.717, 1.165) is 5.69 Å². The summed E-state index contributed by atoms with van der Waals surface area (Å²) >= 11 is 5.90.